The molecule has 1 unspecified atom stereocenters. The van der Waals surface area contributed by atoms with Gasteiger partial charge in [0.2, 0.25) is 15.7 Å². The number of rotatable bonds is 3. The predicted octanol–water partition coefficient (Wildman–Crippen LogP) is 0.0343. The maximum absolute atomic E-state index is 13.8. The lowest BCUT2D eigenvalue weighted by Gasteiger charge is -2.16. The summed E-state index contributed by atoms with van der Waals surface area (Å²) in [5, 5.41) is 15.0. The molecule has 0 radical (unpaired) electrons. The number of likely N-dealkylation sites (tertiary alicyclic amines) is 1. The van der Waals surface area contributed by atoms with Gasteiger partial charge in [0.15, 0.2) is 0 Å². The standard InChI is InChI=1S/C10H11FN2O5S2/c11-10(9(15)16)1-2-13(5-10)8(14)6-3-7(19-4-6)20(12,17)18/h3-4H,1-2,5H2,(H,15,16)(H2,12,17,18). The Balaban J connectivity index is 2.18. The van der Waals surface area contributed by atoms with Crippen molar-refractivity contribution >= 4 is 33.2 Å². The lowest BCUT2D eigenvalue weighted by Crippen LogP contribution is -2.38. The number of carboxylic acids is 1. The Morgan fingerprint density at radius 2 is 2.15 bits per heavy atom. The number of hydrogen-bond acceptors (Lipinski definition) is 5. The minimum atomic E-state index is -3.90. The van der Waals surface area contributed by atoms with Crippen molar-refractivity contribution in [1.82, 2.24) is 4.90 Å². The zero-order valence-corrected chi connectivity index (χ0v) is 11.7. The van der Waals surface area contributed by atoms with E-state index in [9.17, 15) is 22.4 Å². The SMILES string of the molecule is NS(=O)(=O)c1cc(C(=O)N2CCC(F)(C(=O)O)C2)cs1. The van der Waals surface area contributed by atoms with Crippen molar-refractivity contribution in [2.75, 3.05) is 13.1 Å². The molecule has 7 nitrogen and oxygen atoms in total. The van der Waals surface area contributed by atoms with Gasteiger partial charge in [-0.1, -0.05) is 0 Å². The topological polar surface area (TPSA) is 118 Å². The van der Waals surface area contributed by atoms with Crippen molar-refractivity contribution in [3.05, 3.63) is 17.0 Å². The number of primary sulfonamides is 1. The average Bonchev–Trinajstić information content (AvgIpc) is 2.94. The van der Waals surface area contributed by atoms with E-state index in [1.54, 1.807) is 0 Å². The van der Waals surface area contributed by atoms with Gasteiger partial charge in [0.1, 0.15) is 4.21 Å². The van der Waals surface area contributed by atoms with E-state index >= 15 is 0 Å². The maximum Gasteiger partial charge on any atom is 0.343 e. The predicted molar refractivity (Wildman–Crippen MR) is 67.7 cm³/mol. The molecule has 0 aromatic carbocycles. The van der Waals surface area contributed by atoms with E-state index in [2.05, 4.69) is 0 Å². The smallest absolute Gasteiger partial charge is 0.343 e. The number of thiophene rings is 1. The van der Waals surface area contributed by atoms with Gasteiger partial charge < -0.3 is 10.0 Å². The molecule has 3 N–H and O–H groups in total. The zero-order chi connectivity index (χ0) is 15.1. The number of carbonyl (C=O) groups is 2. The van der Waals surface area contributed by atoms with E-state index in [0.29, 0.717) is 0 Å². The van der Waals surface area contributed by atoms with Crippen molar-refractivity contribution in [2.24, 2.45) is 5.14 Å². The molecule has 1 aliphatic heterocycles. The highest BCUT2D eigenvalue weighted by molar-refractivity contribution is 7.91. The lowest BCUT2D eigenvalue weighted by atomic mass is 10.1. The summed E-state index contributed by atoms with van der Waals surface area (Å²) in [7, 11) is -3.90. The van der Waals surface area contributed by atoms with Crippen LogP contribution in [0.5, 0.6) is 0 Å². The third-order valence-corrected chi connectivity index (χ3v) is 5.38. The largest absolute Gasteiger partial charge is 0.479 e. The van der Waals surface area contributed by atoms with E-state index in [1.807, 2.05) is 0 Å². The Labute approximate surface area is 117 Å². The molecule has 1 fully saturated rings. The van der Waals surface area contributed by atoms with Crippen molar-refractivity contribution in [3.8, 4) is 0 Å². The molecule has 1 saturated heterocycles. The van der Waals surface area contributed by atoms with E-state index in [-0.39, 0.29) is 22.7 Å². The van der Waals surface area contributed by atoms with E-state index < -0.39 is 34.1 Å². The monoisotopic (exact) mass is 322 g/mol. The Morgan fingerprint density at radius 3 is 2.60 bits per heavy atom. The van der Waals surface area contributed by atoms with Crippen LogP contribution in [0.25, 0.3) is 0 Å². The summed E-state index contributed by atoms with van der Waals surface area (Å²) in [5.74, 6) is -2.22. The van der Waals surface area contributed by atoms with Gasteiger partial charge in [-0.2, -0.15) is 0 Å². The number of hydrogen-bond donors (Lipinski definition) is 2. The molecule has 0 spiro atoms. The number of amides is 1. The van der Waals surface area contributed by atoms with Crippen LogP contribution in [0.1, 0.15) is 16.8 Å². The van der Waals surface area contributed by atoms with Crippen molar-refractivity contribution in [3.63, 3.8) is 0 Å². The molecule has 0 bridgehead atoms. The molecule has 0 aliphatic carbocycles. The Bertz CT molecular complexity index is 671. The summed E-state index contributed by atoms with van der Waals surface area (Å²) in [6.45, 7) is -0.593. The zero-order valence-electron chi connectivity index (χ0n) is 10.1. The molecule has 2 heterocycles. The fourth-order valence-electron chi connectivity index (χ4n) is 1.88. The van der Waals surface area contributed by atoms with Crippen LogP contribution in [-0.4, -0.2) is 49.1 Å². The molecule has 0 saturated carbocycles. The molecule has 2 rings (SSSR count). The quantitative estimate of drug-likeness (QED) is 0.814. The fourth-order valence-corrected chi connectivity index (χ4v) is 3.46. The molecule has 1 aromatic heterocycles. The Morgan fingerprint density at radius 1 is 1.50 bits per heavy atom. The molecular weight excluding hydrogens is 311 g/mol. The van der Waals surface area contributed by atoms with Crippen LogP contribution in [0.2, 0.25) is 0 Å². The van der Waals surface area contributed by atoms with Gasteiger partial charge in [-0.3, -0.25) is 4.79 Å². The highest BCUT2D eigenvalue weighted by atomic mass is 32.2. The van der Waals surface area contributed by atoms with Gasteiger partial charge in [-0.25, -0.2) is 22.7 Å². The number of sulfonamides is 1. The third-order valence-electron chi connectivity index (χ3n) is 2.99. The average molecular weight is 322 g/mol. The van der Waals surface area contributed by atoms with Gasteiger partial charge in [0.25, 0.3) is 5.91 Å². The first-order valence-electron chi connectivity index (χ1n) is 5.46. The summed E-state index contributed by atoms with van der Waals surface area (Å²) in [5.41, 5.74) is -2.40. The molecule has 1 aliphatic rings. The highest BCUT2D eigenvalue weighted by Gasteiger charge is 2.47. The number of alkyl halides is 1. The summed E-state index contributed by atoms with van der Waals surface area (Å²) in [4.78, 5) is 23.8. The Hall–Kier alpha value is -1.52. The third kappa shape index (κ3) is 2.67. The van der Waals surface area contributed by atoms with Crippen molar-refractivity contribution in [2.45, 2.75) is 16.3 Å². The second-order valence-corrected chi connectivity index (χ2v) is 7.15. The van der Waals surface area contributed by atoms with E-state index in [0.717, 1.165) is 22.3 Å². The molecule has 10 heteroatoms. The van der Waals surface area contributed by atoms with Crippen LogP contribution in [0.3, 0.4) is 0 Å². The van der Waals surface area contributed by atoms with Crippen LogP contribution < -0.4 is 5.14 Å². The van der Waals surface area contributed by atoms with Gasteiger partial charge in [-0.15, -0.1) is 11.3 Å². The molecule has 1 atom stereocenters. The van der Waals surface area contributed by atoms with Gasteiger partial charge in [0.05, 0.1) is 12.1 Å². The first-order valence-corrected chi connectivity index (χ1v) is 7.89. The molecule has 1 amide bonds. The summed E-state index contributed by atoms with van der Waals surface area (Å²) in [6, 6.07) is 1.10. The second-order valence-electron chi connectivity index (χ2n) is 4.45. The second kappa shape index (κ2) is 4.79. The van der Waals surface area contributed by atoms with Crippen molar-refractivity contribution < 1.29 is 27.5 Å². The first kappa shape index (κ1) is 14.9. The minimum Gasteiger partial charge on any atom is -0.479 e. The van der Waals surface area contributed by atoms with Crippen LogP contribution in [-0.2, 0) is 14.8 Å². The van der Waals surface area contributed by atoms with E-state index in [1.165, 1.54) is 5.38 Å². The number of carboxylic acid groups (broad SMARTS) is 1. The number of aliphatic carboxylic acids is 1. The summed E-state index contributed by atoms with van der Waals surface area (Å²) in [6.07, 6.45) is -0.291. The lowest BCUT2D eigenvalue weighted by molar-refractivity contribution is -0.149. The minimum absolute atomic E-state index is 0.0395. The molecule has 20 heavy (non-hydrogen) atoms. The summed E-state index contributed by atoms with van der Waals surface area (Å²) < 4.78 is 35.9. The number of carbonyl (C=O) groups excluding carboxylic acids is 1. The Kier molecular flexibility index (Phi) is 3.56. The number of halogens is 1. The van der Waals surface area contributed by atoms with Crippen molar-refractivity contribution in [1.29, 1.82) is 0 Å². The van der Waals surface area contributed by atoms with E-state index in [4.69, 9.17) is 10.2 Å². The highest BCUT2D eigenvalue weighted by Crippen LogP contribution is 2.28. The van der Waals surface area contributed by atoms with Gasteiger partial charge >= 0.3 is 5.97 Å². The fraction of sp³-hybridized carbons (Fsp3) is 0.400. The van der Waals surface area contributed by atoms with Gasteiger partial charge in [-0.05, 0) is 6.07 Å². The first-order chi connectivity index (χ1) is 9.13. The van der Waals surface area contributed by atoms with Crippen LogP contribution >= 0.6 is 11.3 Å². The van der Waals surface area contributed by atoms with Crippen LogP contribution in [0.15, 0.2) is 15.7 Å². The normalized spacial score (nSPS) is 23.0. The van der Waals surface area contributed by atoms with Crippen LogP contribution in [0.4, 0.5) is 4.39 Å². The maximum atomic E-state index is 13.8. The molecular formula is C10H11FN2O5S2. The number of nitrogens with two attached hydrogens (primary N) is 1. The molecule has 110 valence electrons. The number of nitrogens with zero attached hydrogens (tertiary/aromatic N) is 1. The van der Waals surface area contributed by atoms with Crippen LogP contribution in [0, 0.1) is 0 Å². The molecule has 1 aromatic rings. The summed E-state index contributed by atoms with van der Waals surface area (Å²) >= 11 is 0.779. The van der Waals surface area contributed by atoms with Gasteiger partial charge in [0, 0.05) is 18.3 Å².